The van der Waals surface area contributed by atoms with Crippen LogP contribution >= 0.6 is 12.4 Å². The highest BCUT2D eigenvalue weighted by Crippen LogP contribution is 2.62. The van der Waals surface area contributed by atoms with Crippen molar-refractivity contribution in [3.63, 3.8) is 0 Å². The van der Waals surface area contributed by atoms with Gasteiger partial charge >= 0.3 is 0 Å². The van der Waals surface area contributed by atoms with E-state index in [-0.39, 0.29) is 34.6 Å². The Hall–Kier alpha value is -0.280. The van der Waals surface area contributed by atoms with Crippen molar-refractivity contribution in [2.75, 3.05) is 6.54 Å². The van der Waals surface area contributed by atoms with Crippen LogP contribution < -0.4 is 11.1 Å². The fourth-order valence-corrected chi connectivity index (χ4v) is 3.42. The van der Waals surface area contributed by atoms with E-state index in [0.29, 0.717) is 12.6 Å². The molecule has 2 fully saturated rings. The first kappa shape index (κ1) is 15.8. The maximum atomic E-state index is 12.4. The lowest BCUT2D eigenvalue weighted by atomic mass is 9.85. The molecule has 0 saturated heterocycles. The molecule has 2 saturated carbocycles. The minimum atomic E-state index is -0.269. The third kappa shape index (κ3) is 2.05. The van der Waals surface area contributed by atoms with Crippen molar-refractivity contribution in [2.45, 2.75) is 59.4 Å². The number of hydrogen-bond donors (Lipinski definition) is 2. The van der Waals surface area contributed by atoms with Gasteiger partial charge < -0.3 is 11.1 Å². The Bertz CT molecular complexity index is 319. The predicted octanol–water partition coefficient (Wildman–Crippen LogP) is 2.48. The van der Waals surface area contributed by atoms with Gasteiger partial charge in [-0.15, -0.1) is 12.4 Å². The monoisotopic (exact) mass is 274 g/mol. The molecule has 4 heteroatoms. The SMILES string of the molecule is CC1(C)C(NC(=O)C2(CN)CCCC2)C1(C)C.Cl. The van der Waals surface area contributed by atoms with Gasteiger partial charge in [0.2, 0.25) is 5.91 Å². The fourth-order valence-electron chi connectivity index (χ4n) is 3.42. The average Bonchev–Trinajstić information content (AvgIpc) is 2.67. The zero-order chi connectivity index (χ0) is 12.9. The van der Waals surface area contributed by atoms with E-state index in [0.717, 1.165) is 25.7 Å². The lowest BCUT2D eigenvalue weighted by Crippen LogP contribution is -2.46. The second-order valence-electron chi connectivity index (χ2n) is 7.04. The van der Waals surface area contributed by atoms with Gasteiger partial charge in [-0.05, 0) is 23.7 Å². The van der Waals surface area contributed by atoms with Crippen LogP contribution in [0.25, 0.3) is 0 Å². The summed E-state index contributed by atoms with van der Waals surface area (Å²) in [5.41, 5.74) is 5.98. The quantitative estimate of drug-likeness (QED) is 0.831. The molecule has 0 radical (unpaired) electrons. The van der Waals surface area contributed by atoms with Crippen LogP contribution in [0.5, 0.6) is 0 Å². The van der Waals surface area contributed by atoms with E-state index in [1.54, 1.807) is 0 Å². The summed E-state index contributed by atoms with van der Waals surface area (Å²) in [6, 6.07) is 0.298. The largest absolute Gasteiger partial charge is 0.352 e. The van der Waals surface area contributed by atoms with Crippen molar-refractivity contribution in [3.05, 3.63) is 0 Å². The maximum Gasteiger partial charge on any atom is 0.227 e. The first-order valence-corrected chi connectivity index (χ1v) is 6.79. The molecule has 0 heterocycles. The molecule has 0 aromatic heterocycles. The van der Waals surface area contributed by atoms with Crippen molar-refractivity contribution in [1.29, 1.82) is 0 Å². The highest BCUT2D eigenvalue weighted by atomic mass is 35.5. The summed E-state index contributed by atoms with van der Waals surface area (Å²) in [6.45, 7) is 9.39. The van der Waals surface area contributed by atoms with E-state index in [9.17, 15) is 4.79 Å². The molecule has 106 valence electrons. The molecule has 0 bridgehead atoms. The summed E-state index contributed by atoms with van der Waals surface area (Å²) in [7, 11) is 0. The number of carbonyl (C=O) groups excluding carboxylic acids is 1. The summed E-state index contributed by atoms with van der Waals surface area (Å²) >= 11 is 0. The van der Waals surface area contributed by atoms with Crippen LogP contribution in [-0.2, 0) is 4.79 Å². The summed E-state index contributed by atoms with van der Waals surface area (Å²) < 4.78 is 0. The molecular formula is C14H27ClN2O. The van der Waals surface area contributed by atoms with Gasteiger partial charge in [0.25, 0.3) is 0 Å². The topological polar surface area (TPSA) is 55.1 Å². The smallest absolute Gasteiger partial charge is 0.227 e. The number of amides is 1. The van der Waals surface area contributed by atoms with E-state index in [1.807, 2.05) is 0 Å². The van der Waals surface area contributed by atoms with Crippen molar-refractivity contribution in [2.24, 2.45) is 22.0 Å². The zero-order valence-electron chi connectivity index (χ0n) is 12.0. The van der Waals surface area contributed by atoms with Crippen molar-refractivity contribution >= 4 is 18.3 Å². The third-order valence-electron chi connectivity index (χ3n) is 5.73. The Morgan fingerprint density at radius 3 is 1.94 bits per heavy atom. The van der Waals surface area contributed by atoms with Gasteiger partial charge in [0.15, 0.2) is 0 Å². The zero-order valence-corrected chi connectivity index (χ0v) is 12.8. The molecular weight excluding hydrogens is 248 g/mol. The Morgan fingerprint density at radius 1 is 1.17 bits per heavy atom. The average molecular weight is 275 g/mol. The second kappa shape index (κ2) is 4.68. The van der Waals surface area contributed by atoms with Gasteiger partial charge in [-0.1, -0.05) is 40.5 Å². The first-order valence-electron chi connectivity index (χ1n) is 6.79. The molecule has 3 nitrogen and oxygen atoms in total. The van der Waals surface area contributed by atoms with Gasteiger partial charge in [0.05, 0.1) is 5.41 Å². The highest BCUT2D eigenvalue weighted by molar-refractivity contribution is 5.85. The van der Waals surface area contributed by atoms with Gasteiger partial charge in [-0.2, -0.15) is 0 Å². The summed E-state index contributed by atoms with van der Waals surface area (Å²) in [5.74, 6) is 0.196. The molecule has 2 rings (SSSR count). The highest BCUT2D eigenvalue weighted by Gasteiger charge is 2.66. The number of carbonyl (C=O) groups is 1. The minimum Gasteiger partial charge on any atom is -0.352 e. The summed E-state index contributed by atoms with van der Waals surface area (Å²) in [5, 5.41) is 3.25. The predicted molar refractivity (Wildman–Crippen MR) is 76.7 cm³/mol. The molecule has 0 unspecified atom stereocenters. The number of hydrogen-bond acceptors (Lipinski definition) is 2. The molecule has 0 spiro atoms. The standard InChI is InChI=1S/C14H26N2O.ClH/c1-12(2)10(13(12,3)4)16-11(17)14(9-15)7-5-6-8-14;/h10H,5-9,15H2,1-4H3,(H,16,17);1H. The molecule has 18 heavy (non-hydrogen) atoms. The van der Waals surface area contributed by atoms with Crippen LogP contribution in [0.4, 0.5) is 0 Å². The summed E-state index contributed by atoms with van der Waals surface area (Å²) in [4.78, 5) is 12.4. The van der Waals surface area contributed by atoms with Crippen LogP contribution in [0.3, 0.4) is 0 Å². The normalized spacial score (nSPS) is 27.4. The van der Waals surface area contributed by atoms with Crippen molar-refractivity contribution < 1.29 is 4.79 Å². The molecule has 2 aliphatic rings. The molecule has 1 amide bonds. The van der Waals surface area contributed by atoms with Crippen LogP contribution in [0.2, 0.25) is 0 Å². The molecule has 0 atom stereocenters. The number of nitrogens with two attached hydrogens (primary N) is 1. The van der Waals surface area contributed by atoms with E-state index < -0.39 is 0 Å². The van der Waals surface area contributed by atoms with E-state index in [4.69, 9.17) is 5.73 Å². The molecule has 0 aromatic carbocycles. The van der Waals surface area contributed by atoms with Gasteiger partial charge in [-0.3, -0.25) is 4.79 Å². The Balaban J connectivity index is 0.00000162. The van der Waals surface area contributed by atoms with E-state index >= 15 is 0 Å². The van der Waals surface area contributed by atoms with Crippen molar-refractivity contribution in [1.82, 2.24) is 5.32 Å². The number of rotatable bonds is 3. The second-order valence-corrected chi connectivity index (χ2v) is 7.04. The van der Waals surface area contributed by atoms with Gasteiger partial charge in [0.1, 0.15) is 0 Å². The minimum absolute atomic E-state index is 0. The molecule has 0 aliphatic heterocycles. The van der Waals surface area contributed by atoms with E-state index in [1.165, 1.54) is 0 Å². The fraction of sp³-hybridized carbons (Fsp3) is 0.929. The number of nitrogens with one attached hydrogen (secondary N) is 1. The lowest BCUT2D eigenvalue weighted by Gasteiger charge is -2.26. The Labute approximate surface area is 117 Å². The van der Waals surface area contributed by atoms with Crippen LogP contribution in [0.1, 0.15) is 53.4 Å². The third-order valence-corrected chi connectivity index (χ3v) is 5.73. The summed E-state index contributed by atoms with van der Waals surface area (Å²) in [6.07, 6.45) is 4.20. The van der Waals surface area contributed by atoms with Gasteiger partial charge in [0, 0.05) is 12.6 Å². The van der Waals surface area contributed by atoms with Crippen molar-refractivity contribution in [3.8, 4) is 0 Å². The maximum absolute atomic E-state index is 12.4. The Morgan fingerprint density at radius 2 is 1.61 bits per heavy atom. The lowest BCUT2D eigenvalue weighted by molar-refractivity contribution is -0.130. The van der Waals surface area contributed by atoms with Crippen LogP contribution in [0.15, 0.2) is 0 Å². The first-order chi connectivity index (χ1) is 7.78. The molecule has 2 aliphatic carbocycles. The van der Waals surface area contributed by atoms with E-state index in [2.05, 4.69) is 33.0 Å². The molecule has 0 aromatic rings. The number of halogens is 1. The Kier molecular flexibility index (Phi) is 4.10. The van der Waals surface area contributed by atoms with Crippen LogP contribution in [-0.4, -0.2) is 18.5 Å². The molecule has 3 N–H and O–H groups in total. The van der Waals surface area contributed by atoms with Gasteiger partial charge in [-0.25, -0.2) is 0 Å². The van der Waals surface area contributed by atoms with Crippen LogP contribution in [0, 0.1) is 16.2 Å².